The maximum absolute atomic E-state index is 12.8. The molecule has 134 valence electrons. The summed E-state index contributed by atoms with van der Waals surface area (Å²) in [5, 5.41) is 19.9. The van der Waals surface area contributed by atoms with Crippen molar-refractivity contribution in [1.82, 2.24) is 9.29 Å². The van der Waals surface area contributed by atoms with Crippen LogP contribution in [-0.4, -0.2) is 48.8 Å². The van der Waals surface area contributed by atoms with E-state index in [0.717, 1.165) is 0 Å². The van der Waals surface area contributed by atoms with Crippen molar-refractivity contribution in [3.8, 4) is 6.07 Å². The van der Waals surface area contributed by atoms with Gasteiger partial charge in [-0.05, 0) is 18.2 Å². The van der Waals surface area contributed by atoms with Crippen molar-refractivity contribution in [3.63, 3.8) is 0 Å². The van der Waals surface area contributed by atoms with Gasteiger partial charge in [0.05, 0.1) is 10.5 Å². The summed E-state index contributed by atoms with van der Waals surface area (Å²) in [5.74, 6) is 0.659. The van der Waals surface area contributed by atoms with Crippen LogP contribution in [0.2, 0.25) is 0 Å². The highest BCUT2D eigenvalue weighted by Crippen LogP contribution is 2.27. The van der Waals surface area contributed by atoms with Crippen LogP contribution >= 0.6 is 0 Å². The number of para-hydroxylation sites is 1. The van der Waals surface area contributed by atoms with E-state index in [1.54, 1.807) is 12.1 Å². The Morgan fingerprint density at radius 3 is 2.38 bits per heavy atom. The van der Waals surface area contributed by atoms with Crippen molar-refractivity contribution in [2.75, 3.05) is 31.1 Å². The number of hydrogen-bond acceptors (Lipinski definition) is 7. The second kappa shape index (κ2) is 7.07. The molecule has 0 aliphatic carbocycles. The highest BCUT2D eigenvalue weighted by Gasteiger charge is 2.33. The maximum atomic E-state index is 12.8. The third kappa shape index (κ3) is 3.35. The Hall–Kier alpha value is -3.03. The van der Waals surface area contributed by atoms with Crippen LogP contribution in [0, 0.1) is 21.4 Å². The lowest BCUT2D eigenvalue weighted by atomic mass is 10.3. The van der Waals surface area contributed by atoms with Crippen molar-refractivity contribution in [3.05, 3.63) is 58.3 Å². The number of sulfonamides is 1. The third-order valence-corrected chi connectivity index (χ3v) is 6.07. The fraction of sp³-hybridized carbons (Fsp3) is 0.250. The molecule has 0 unspecified atom stereocenters. The van der Waals surface area contributed by atoms with Crippen LogP contribution < -0.4 is 4.90 Å². The molecule has 1 aliphatic heterocycles. The monoisotopic (exact) mass is 373 g/mol. The number of nitro groups is 1. The minimum atomic E-state index is -3.95. The van der Waals surface area contributed by atoms with E-state index in [0.29, 0.717) is 24.5 Å². The molecule has 2 heterocycles. The Bertz CT molecular complexity index is 961. The van der Waals surface area contributed by atoms with Gasteiger partial charge in [0.25, 0.3) is 5.69 Å². The van der Waals surface area contributed by atoms with E-state index in [2.05, 4.69) is 4.98 Å². The summed E-state index contributed by atoms with van der Waals surface area (Å²) in [4.78, 5) is 16.2. The van der Waals surface area contributed by atoms with Crippen molar-refractivity contribution in [2.45, 2.75) is 4.90 Å². The zero-order chi connectivity index (χ0) is 18.7. The standard InChI is InChI=1S/C16H15N5O4S/c17-11-13-5-6-16(18-12-13)19-7-9-20(10-8-19)26(24,25)15-4-2-1-3-14(15)21(22)23/h1-6,12H,7-10H2. The number of hydrogen-bond donors (Lipinski definition) is 0. The molecule has 26 heavy (non-hydrogen) atoms. The fourth-order valence-corrected chi connectivity index (χ4v) is 4.34. The Morgan fingerprint density at radius 1 is 1.12 bits per heavy atom. The van der Waals surface area contributed by atoms with Gasteiger partial charge in [-0.15, -0.1) is 0 Å². The van der Waals surface area contributed by atoms with Gasteiger partial charge < -0.3 is 4.90 Å². The first-order chi connectivity index (χ1) is 12.4. The SMILES string of the molecule is N#Cc1ccc(N2CCN(S(=O)(=O)c3ccccc3[N+](=O)[O-])CC2)nc1. The maximum Gasteiger partial charge on any atom is 0.289 e. The second-order valence-electron chi connectivity index (χ2n) is 5.63. The van der Waals surface area contributed by atoms with Crippen LogP contribution in [0.25, 0.3) is 0 Å². The van der Waals surface area contributed by atoms with Crippen LogP contribution in [-0.2, 0) is 10.0 Å². The molecule has 0 amide bonds. The van der Waals surface area contributed by atoms with Crippen molar-refractivity contribution in [2.24, 2.45) is 0 Å². The van der Waals surface area contributed by atoms with Crippen molar-refractivity contribution in [1.29, 1.82) is 5.26 Å². The smallest absolute Gasteiger partial charge is 0.289 e. The van der Waals surface area contributed by atoms with Gasteiger partial charge in [-0.1, -0.05) is 12.1 Å². The van der Waals surface area contributed by atoms with Crippen LogP contribution in [0.3, 0.4) is 0 Å². The molecule has 0 atom stereocenters. The number of pyridine rings is 1. The lowest BCUT2D eigenvalue weighted by molar-refractivity contribution is -0.387. The zero-order valence-corrected chi connectivity index (χ0v) is 14.5. The number of aromatic nitrogens is 1. The van der Waals surface area contributed by atoms with E-state index in [1.807, 2.05) is 11.0 Å². The van der Waals surface area contributed by atoms with E-state index >= 15 is 0 Å². The molecule has 10 heteroatoms. The Kier molecular flexibility index (Phi) is 4.83. The topological polar surface area (TPSA) is 120 Å². The highest BCUT2D eigenvalue weighted by atomic mass is 32.2. The zero-order valence-electron chi connectivity index (χ0n) is 13.6. The summed E-state index contributed by atoms with van der Waals surface area (Å²) >= 11 is 0. The van der Waals surface area contributed by atoms with Gasteiger partial charge in [0.2, 0.25) is 10.0 Å². The Labute approximate surface area is 150 Å². The summed E-state index contributed by atoms with van der Waals surface area (Å²) in [7, 11) is -3.95. The number of nitrogens with zero attached hydrogens (tertiary/aromatic N) is 5. The summed E-state index contributed by atoms with van der Waals surface area (Å²) in [5.41, 5.74) is 0.0232. The molecule has 9 nitrogen and oxygen atoms in total. The molecule has 3 rings (SSSR count). The number of piperazine rings is 1. The normalized spacial score (nSPS) is 15.4. The van der Waals surface area contributed by atoms with Crippen molar-refractivity contribution >= 4 is 21.5 Å². The number of rotatable bonds is 4. The van der Waals surface area contributed by atoms with Crippen LogP contribution in [0.5, 0.6) is 0 Å². The van der Waals surface area contributed by atoms with Gasteiger partial charge >= 0.3 is 0 Å². The Morgan fingerprint density at radius 2 is 1.81 bits per heavy atom. The van der Waals surface area contributed by atoms with Gasteiger partial charge in [0, 0.05) is 38.4 Å². The average Bonchev–Trinajstić information content (AvgIpc) is 2.68. The number of benzene rings is 1. The molecule has 2 aromatic rings. The summed E-state index contributed by atoms with van der Waals surface area (Å²) < 4.78 is 26.8. The van der Waals surface area contributed by atoms with Gasteiger partial charge in [-0.3, -0.25) is 10.1 Å². The quantitative estimate of drug-likeness (QED) is 0.586. The Balaban J connectivity index is 1.77. The summed E-state index contributed by atoms with van der Waals surface area (Å²) in [6, 6.07) is 10.7. The number of nitro benzene ring substituents is 1. The number of anilines is 1. The largest absolute Gasteiger partial charge is 0.354 e. The second-order valence-corrected chi connectivity index (χ2v) is 7.54. The molecule has 0 bridgehead atoms. The molecule has 0 saturated carbocycles. The summed E-state index contributed by atoms with van der Waals surface area (Å²) in [6.45, 7) is 1.18. The molecular formula is C16H15N5O4S. The molecule has 0 N–H and O–H groups in total. The van der Waals surface area contributed by atoms with Gasteiger partial charge in [0.1, 0.15) is 11.9 Å². The molecule has 0 radical (unpaired) electrons. The first kappa shape index (κ1) is 17.8. The van der Waals surface area contributed by atoms with Crippen LogP contribution in [0.1, 0.15) is 5.56 Å². The van der Waals surface area contributed by atoms with Crippen LogP contribution in [0.15, 0.2) is 47.5 Å². The molecule has 1 fully saturated rings. The minimum Gasteiger partial charge on any atom is -0.354 e. The predicted octanol–water partition coefficient (Wildman–Crippen LogP) is 1.37. The molecule has 1 saturated heterocycles. The first-order valence-electron chi connectivity index (χ1n) is 7.78. The van der Waals surface area contributed by atoms with E-state index < -0.39 is 20.6 Å². The predicted molar refractivity (Wildman–Crippen MR) is 93.0 cm³/mol. The molecule has 0 spiro atoms. The summed E-state index contributed by atoms with van der Waals surface area (Å²) in [6.07, 6.45) is 1.46. The fourth-order valence-electron chi connectivity index (χ4n) is 2.76. The third-order valence-electron chi connectivity index (χ3n) is 4.12. The van der Waals surface area contributed by atoms with Gasteiger partial charge in [0.15, 0.2) is 4.90 Å². The first-order valence-corrected chi connectivity index (χ1v) is 9.22. The van der Waals surface area contributed by atoms with Crippen LogP contribution in [0.4, 0.5) is 11.5 Å². The lowest BCUT2D eigenvalue weighted by Crippen LogP contribution is -2.49. The van der Waals surface area contributed by atoms with Gasteiger partial charge in [-0.25, -0.2) is 13.4 Å². The van der Waals surface area contributed by atoms with Crippen molar-refractivity contribution < 1.29 is 13.3 Å². The molecule has 1 aromatic heterocycles. The highest BCUT2D eigenvalue weighted by molar-refractivity contribution is 7.89. The van der Waals surface area contributed by atoms with E-state index in [1.165, 1.54) is 34.8 Å². The van der Waals surface area contributed by atoms with E-state index in [-0.39, 0.29) is 18.0 Å². The molecule has 1 aliphatic rings. The number of nitriles is 1. The average molecular weight is 373 g/mol. The minimum absolute atomic E-state index is 0.191. The van der Waals surface area contributed by atoms with Gasteiger partial charge in [-0.2, -0.15) is 9.57 Å². The molecule has 1 aromatic carbocycles. The lowest BCUT2D eigenvalue weighted by Gasteiger charge is -2.34. The van der Waals surface area contributed by atoms with E-state index in [9.17, 15) is 18.5 Å². The van der Waals surface area contributed by atoms with E-state index in [4.69, 9.17) is 5.26 Å². The molecular weight excluding hydrogens is 358 g/mol.